The predicted octanol–water partition coefficient (Wildman–Crippen LogP) is 3.25. The van der Waals surface area contributed by atoms with Gasteiger partial charge in [0.05, 0.1) is 35.0 Å². The van der Waals surface area contributed by atoms with Gasteiger partial charge in [0.2, 0.25) is 0 Å². The first-order valence-corrected chi connectivity index (χ1v) is 13.7. The van der Waals surface area contributed by atoms with Crippen LogP contribution in [0.1, 0.15) is 43.5 Å². The van der Waals surface area contributed by atoms with E-state index in [1.165, 1.54) is 11.3 Å². The Morgan fingerprint density at radius 1 is 1.15 bits per heavy atom. The lowest BCUT2D eigenvalue weighted by Crippen LogP contribution is -2.61. The molecule has 1 aromatic carbocycles. The van der Waals surface area contributed by atoms with Crippen LogP contribution in [0.3, 0.4) is 0 Å². The zero-order chi connectivity index (χ0) is 28.5. The van der Waals surface area contributed by atoms with Crippen LogP contribution in [0.4, 0.5) is 10.8 Å². The summed E-state index contributed by atoms with van der Waals surface area (Å²) in [6.07, 6.45) is -0.568. The van der Waals surface area contributed by atoms with Crippen LogP contribution in [0.2, 0.25) is 0 Å². The number of carbonyl (C=O) groups excluding carboxylic acids is 3. The second-order valence-corrected chi connectivity index (χ2v) is 11.5. The Morgan fingerprint density at radius 3 is 2.44 bits per heavy atom. The normalized spacial score (nSPS) is 28.4. The molecule has 6 unspecified atom stereocenters. The Labute approximate surface area is 229 Å². The van der Waals surface area contributed by atoms with Crippen molar-refractivity contribution < 1.29 is 34.8 Å². The van der Waals surface area contributed by atoms with Gasteiger partial charge in [0.25, 0.3) is 0 Å². The number of hydrogen-bond donors (Lipinski definition) is 5. The standard InChI is InChI=1S/C28H31N3O7S/c1-6-12-9-39-28(29-12)30-14-8-7-13-10(2)15-19(25(36)17(13)22(14)33)26(37)20-18(23(15)34)21(31(4)5)27(38)16(11(3)32)24(20)35/h7-10,15,18,20-21,23,33-34,36,38H,6H2,1-5H3,(H,29,30). The number of aliphatic hydroxyl groups excluding tert-OH is 3. The number of ketones is 3. The summed E-state index contributed by atoms with van der Waals surface area (Å²) in [5.74, 6) is -7.50. The van der Waals surface area contributed by atoms with E-state index < -0.39 is 70.3 Å². The minimum Gasteiger partial charge on any atom is -0.510 e. The average Bonchev–Trinajstić information content (AvgIpc) is 3.32. The Hall–Kier alpha value is -3.54. The van der Waals surface area contributed by atoms with Gasteiger partial charge in [0.15, 0.2) is 22.5 Å². The van der Waals surface area contributed by atoms with Crippen LogP contribution in [-0.4, -0.2) is 73.9 Å². The second-order valence-electron chi connectivity index (χ2n) is 10.6. The number of nitrogens with one attached hydrogen (secondary N) is 1. The van der Waals surface area contributed by atoms with E-state index in [-0.39, 0.29) is 22.6 Å². The number of phenols is 1. The topological polar surface area (TPSA) is 160 Å². The highest BCUT2D eigenvalue weighted by atomic mass is 32.1. The van der Waals surface area contributed by atoms with Crippen LogP contribution < -0.4 is 5.32 Å². The molecule has 206 valence electrons. The number of fused-ring (bicyclic) bond motifs is 3. The Balaban J connectivity index is 1.65. The summed E-state index contributed by atoms with van der Waals surface area (Å²) in [6.45, 7) is 4.89. The van der Waals surface area contributed by atoms with Gasteiger partial charge in [0.1, 0.15) is 22.8 Å². The molecular weight excluding hydrogens is 522 g/mol. The molecule has 0 amide bonds. The zero-order valence-electron chi connectivity index (χ0n) is 22.2. The first kappa shape index (κ1) is 27.0. The van der Waals surface area contributed by atoms with Crippen LogP contribution in [0, 0.1) is 17.8 Å². The monoisotopic (exact) mass is 553 g/mol. The van der Waals surface area contributed by atoms with Crippen LogP contribution >= 0.6 is 11.3 Å². The molecule has 39 heavy (non-hydrogen) atoms. The summed E-state index contributed by atoms with van der Waals surface area (Å²) in [4.78, 5) is 45.8. The molecule has 6 atom stereocenters. The third-order valence-electron chi connectivity index (χ3n) is 8.25. The molecule has 5 N–H and O–H groups in total. The van der Waals surface area contributed by atoms with E-state index in [1.54, 1.807) is 38.1 Å². The first-order chi connectivity index (χ1) is 18.4. The number of allylic oxidation sites excluding steroid dienone is 1. The molecule has 0 spiro atoms. The van der Waals surface area contributed by atoms with Crippen molar-refractivity contribution in [3.63, 3.8) is 0 Å². The van der Waals surface area contributed by atoms with E-state index >= 15 is 0 Å². The van der Waals surface area contributed by atoms with Crippen LogP contribution in [0.25, 0.3) is 5.76 Å². The number of hydrogen-bond acceptors (Lipinski definition) is 11. The molecule has 0 radical (unpaired) electrons. The molecule has 10 nitrogen and oxygen atoms in total. The molecule has 0 aliphatic heterocycles. The average molecular weight is 554 g/mol. The third kappa shape index (κ3) is 3.90. The van der Waals surface area contributed by atoms with E-state index in [9.17, 15) is 34.8 Å². The minimum absolute atomic E-state index is 0.0441. The van der Waals surface area contributed by atoms with Gasteiger partial charge in [-0.2, -0.15) is 0 Å². The maximum Gasteiger partial charge on any atom is 0.187 e. The molecule has 1 fully saturated rings. The summed E-state index contributed by atoms with van der Waals surface area (Å²) >= 11 is 1.36. The predicted molar refractivity (Wildman–Crippen MR) is 145 cm³/mol. The van der Waals surface area contributed by atoms with Gasteiger partial charge in [-0.1, -0.05) is 19.9 Å². The van der Waals surface area contributed by atoms with E-state index in [2.05, 4.69) is 10.3 Å². The van der Waals surface area contributed by atoms with E-state index in [0.29, 0.717) is 10.7 Å². The van der Waals surface area contributed by atoms with Gasteiger partial charge >= 0.3 is 0 Å². The van der Waals surface area contributed by atoms with Gasteiger partial charge in [0, 0.05) is 22.8 Å². The number of aliphatic hydroxyl groups is 3. The van der Waals surface area contributed by atoms with Gasteiger partial charge in [-0.05, 0) is 45.0 Å². The van der Waals surface area contributed by atoms with Crippen LogP contribution in [0.15, 0.2) is 34.4 Å². The molecule has 3 aliphatic rings. The summed E-state index contributed by atoms with van der Waals surface area (Å²) in [5.41, 5.74) is 1.10. The number of carbonyl (C=O) groups is 3. The fourth-order valence-corrected chi connectivity index (χ4v) is 7.26. The highest BCUT2D eigenvalue weighted by Crippen LogP contribution is 2.55. The van der Waals surface area contributed by atoms with Gasteiger partial charge in [-0.25, -0.2) is 4.98 Å². The van der Waals surface area contributed by atoms with E-state index in [1.807, 2.05) is 12.3 Å². The van der Waals surface area contributed by atoms with E-state index in [4.69, 9.17) is 0 Å². The lowest BCUT2D eigenvalue weighted by molar-refractivity contribution is -0.143. The smallest absolute Gasteiger partial charge is 0.187 e. The number of thiazole rings is 1. The Bertz CT molecular complexity index is 1470. The van der Waals surface area contributed by atoms with Crippen molar-refractivity contribution in [3.05, 3.63) is 51.2 Å². The highest BCUT2D eigenvalue weighted by molar-refractivity contribution is 7.13. The molecule has 0 saturated heterocycles. The molecule has 11 heteroatoms. The number of aryl methyl sites for hydroxylation is 1. The van der Waals surface area contributed by atoms with Crippen molar-refractivity contribution in [2.45, 2.75) is 45.3 Å². The van der Waals surface area contributed by atoms with Crippen LogP contribution in [-0.2, 0) is 20.8 Å². The summed E-state index contributed by atoms with van der Waals surface area (Å²) in [7, 11) is 3.26. The first-order valence-electron chi connectivity index (χ1n) is 12.8. The second kappa shape index (κ2) is 9.58. The van der Waals surface area contributed by atoms with Crippen molar-refractivity contribution in [1.29, 1.82) is 0 Å². The van der Waals surface area contributed by atoms with Gasteiger partial charge in [-0.3, -0.25) is 19.3 Å². The number of nitrogens with zero attached hydrogens (tertiary/aromatic N) is 2. The van der Waals surface area contributed by atoms with Gasteiger partial charge in [-0.15, -0.1) is 11.3 Å². The molecule has 2 aromatic rings. The lowest BCUT2D eigenvalue weighted by Gasteiger charge is -2.50. The van der Waals surface area contributed by atoms with Gasteiger partial charge < -0.3 is 25.7 Å². The number of Topliss-reactive ketones (excluding diaryl/α,β-unsaturated/α-hetero) is 3. The number of aromatic nitrogens is 1. The molecule has 1 saturated carbocycles. The van der Waals surface area contributed by atoms with Crippen molar-refractivity contribution in [3.8, 4) is 5.75 Å². The largest absolute Gasteiger partial charge is 0.510 e. The van der Waals surface area contributed by atoms with Crippen molar-refractivity contribution in [2.75, 3.05) is 19.4 Å². The quantitative estimate of drug-likeness (QED) is 0.211. The Kier molecular flexibility index (Phi) is 6.64. The maximum atomic E-state index is 14.0. The molecule has 1 aromatic heterocycles. The summed E-state index contributed by atoms with van der Waals surface area (Å²) in [5, 5.41) is 50.8. The lowest BCUT2D eigenvalue weighted by atomic mass is 9.56. The highest BCUT2D eigenvalue weighted by Gasteiger charge is 2.60. The van der Waals surface area contributed by atoms with Crippen molar-refractivity contribution in [2.24, 2.45) is 17.8 Å². The fourth-order valence-electron chi connectivity index (χ4n) is 6.46. The zero-order valence-corrected chi connectivity index (χ0v) is 23.0. The number of phenolic OH excluding ortho intramolecular Hbond substituents is 1. The number of benzene rings is 1. The molecule has 1 heterocycles. The number of aromatic hydroxyl groups is 1. The van der Waals surface area contributed by atoms with Crippen molar-refractivity contribution in [1.82, 2.24) is 9.88 Å². The fraction of sp³-hybridized carbons (Fsp3) is 0.429. The summed E-state index contributed by atoms with van der Waals surface area (Å²) in [6, 6.07) is 2.40. The molecule has 5 rings (SSSR count). The number of rotatable bonds is 5. The Morgan fingerprint density at radius 2 is 1.85 bits per heavy atom. The van der Waals surface area contributed by atoms with Crippen LogP contribution in [0.5, 0.6) is 5.75 Å². The molecule has 3 aliphatic carbocycles. The number of likely N-dealkylation sites (N-methyl/N-ethyl adjacent to an activating group) is 1. The third-order valence-corrected chi connectivity index (χ3v) is 9.06. The molecular formula is C28H31N3O7S. The summed E-state index contributed by atoms with van der Waals surface area (Å²) < 4.78 is 0. The van der Waals surface area contributed by atoms with E-state index in [0.717, 1.165) is 19.0 Å². The molecule has 0 bridgehead atoms. The maximum absolute atomic E-state index is 14.0. The van der Waals surface area contributed by atoms with Crippen molar-refractivity contribution >= 4 is 45.3 Å². The SMILES string of the molecule is CCc1csc(Nc2ccc3c(c2O)C(O)=C2C(=O)C4C(=O)C(C(C)=O)=C(O)C(N(C)C)C4C(O)C2C3C)n1. The number of anilines is 2. The minimum atomic E-state index is -1.48.